The predicted molar refractivity (Wildman–Crippen MR) is 87.5 cm³/mol. The van der Waals surface area contributed by atoms with Crippen molar-refractivity contribution in [2.24, 2.45) is 5.92 Å². The Morgan fingerprint density at radius 1 is 1.45 bits per heavy atom. The average molecular weight is 295 g/mol. The summed E-state index contributed by atoms with van der Waals surface area (Å²) in [5, 5.41) is 3.71. The Balaban J connectivity index is 2.31. The molecule has 3 unspecified atom stereocenters. The lowest BCUT2D eigenvalue weighted by Crippen LogP contribution is -2.48. The van der Waals surface area contributed by atoms with Crippen LogP contribution in [0.25, 0.3) is 0 Å². The van der Waals surface area contributed by atoms with Gasteiger partial charge >= 0.3 is 0 Å². The van der Waals surface area contributed by atoms with Crippen LogP contribution in [0, 0.1) is 12.8 Å². The van der Waals surface area contributed by atoms with Gasteiger partial charge < -0.3 is 10.1 Å². The van der Waals surface area contributed by atoms with Gasteiger partial charge in [-0.1, -0.05) is 26.7 Å². The van der Waals surface area contributed by atoms with Crippen molar-refractivity contribution in [2.75, 3.05) is 13.2 Å². The van der Waals surface area contributed by atoms with Gasteiger partial charge in [-0.15, -0.1) is 11.3 Å². The van der Waals surface area contributed by atoms with Crippen molar-refractivity contribution >= 4 is 11.3 Å². The van der Waals surface area contributed by atoms with E-state index >= 15 is 0 Å². The first kappa shape index (κ1) is 16.0. The second kappa shape index (κ2) is 7.06. The molecule has 1 heterocycles. The molecule has 1 saturated carbocycles. The molecule has 2 nitrogen and oxygen atoms in total. The Hall–Kier alpha value is -0.380. The molecule has 0 spiro atoms. The first-order chi connectivity index (χ1) is 9.61. The van der Waals surface area contributed by atoms with Gasteiger partial charge in [-0.3, -0.25) is 0 Å². The molecule has 0 bridgehead atoms. The fourth-order valence-electron chi connectivity index (χ4n) is 3.67. The number of nitrogens with one attached hydrogen (secondary N) is 1. The molecule has 1 fully saturated rings. The maximum Gasteiger partial charge on any atom is 0.0886 e. The number of ether oxygens (including phenoxy) is 1. The second-order valence-electron chi connectivity index (χ2n) is 6.14. The Labute approximate surface area is 127 Å². The molecule has 2 rings (SSSR count). The van der Waals surface area contributed by atoms with E-state index in [0.717, 1.165) is 19.1 Å². The summed E-state index contributed by atoms with van der Waals surface area (Å²) >= 11 is 1.91. The highest BCUT2D eigenvalue weighted by molar-refractivity contribution is 7.12. The minimum absolute atomic E-state index is 0.0142. The summed E-state index contributed by atoms with van der Waals surface area (Å²) in [4.78, 5) is 2.82. The first-order valence-corrected chi connectivity index (χ1v) is 8.86. The number of aryl methyl sites for hydroxylation is 1. The summed E-state index contributed by atoms with van der Waals surface area (Å²) < 4.78 is 6.36. The molecular weight excluding hydrogens is 266 g/mol. The molecule has 3 atom stereocenters. The van der Waals surface area contributed by atoms with Crippen molar-refractivity contribution < 1.29 is 4.74 Å². The summed E-state index contributed by atoms with van der Waals surface area (Å²) in [6.07, 6.45) is 4.99. The van der Waals surface area contributed by atoms with Crippen LogP contribution in [0.3, 0.4) is 0 Å². The van der Waals surface area contributed by atoms with Crippen LogP contribution in [0.4, 0.5) is 0 Å². The van der Waals surface area contributed by atoms with Crippen molar-refractivity contribution in [1.29, 1.82) is 0 Å². The number of hydrogen-bond acceptors (Lipinski definition) is 3. The summed E-state index contributed by atoms with van der Waals surface area (Å²) in [7, 11) is 0. The topological polar surface area (TPSA) is 21.3 Å². The lowest BCUT2D eigenvalue weighted by Gasteiger charge is -2.45. The van der Waals surface area contributed by atoms with E-state index in [1.807, 2.05) is 11.3 Å². The minimum atomic E-state index is -0.0142. The molecule has 1 aliphatic carbocycles. The van der Waals surface area contributed by atoms with Crippen LogP contribution < -0.4 is 5.32 Å². The monoisotopic (exact) mass is 295 g/mol. The van der Waals surface area contributed by atoms with Gasteiger partial charge in [0.1, 0.15) is 0 Å². The van der Waals surface area contributed by atoms with Crippen LogP contribution in [-0.4, -0.2) is 18.8 Å². The van der Waals surface area contributed by atoms with Crippen LogP contribution in [0.5, 0.6) is 0 Å². The number of thiophene rings is 1. The molecule has 20 heavy (non-hydrogen) atoms. The quantitative estimate of drug-likeness (QED) is 0.822. The molecule has 0 saturated heterocycles. The van der Waals surface area contributed by atoms with Crippen molar-refractivity contribution in [1.82, 2.24) is 5.32 Å². The number of likely N-dealkylation sites (N-methyl/N-ethyl adjacent to an activating group) is 1. The zero-order valence-corrected chi connectivity index (χ0v) is 14.2. The molecule has 3 heteroatoms. The fourth-order valence-corrected chi connectivity index (χ4v) is 4.73. The van der Waals surface area contributed by atoms with E-state index in [2.05, 4.69) is 45.1 Å². The highest BCUT2D eigenvalue weighted by atomic mass is 32.1. The Morgan fingerprint density at radius 3 is 2.80 bits per heavy atom. The molecule has 0 aromatic carbocycles. The molecular formula is C17H29NOS. The lowest BCUT2D eigenvalue weighted by atomic mass is 9.74. The highest BCUT2D eigenvalue weighted by Gasteiger charge is 2.43. The zero-order valence-electron chi connectivity index (χ0n) is 13.4. The second-order valence-corrected chi connectivity index (χ2v) is 7.46. The molecule has 0 amide bonds. The Morgan fingerprint density at radius 2 is 2.25 bits per heavy atom. The largest absolute Gasteiger partial charge is 0.373 e. The number of hydrogen-bond donors (Lipinski definition) is 1. The van der Waals surface area contributed by atoms with E-state index in [1.165, 1.54) is 35.4 Å². The van der Waals surface area contributed by atoms with Gasteiger partial charge in [-0.05, 0) is 51.3 Å². The van der Waals surface area contributed by atoms with Crippen LogP contribution in [-0.2, 0) is 4.74 Å². The molecule has 0 radical (unpaired) electrons. The van der Waals surface area contributed by atoms with Gasteiger partial charge in [0.15, 0.2) is 0 Å². The first-order valence-electron chi connectivity index (χ1n) is 8.05. The summed E-state index contributed by atoms with van der Waals surface area (Å²) in [6.45, 7) is 10.7. The van der Waals surface area contributed by atoms with Crippen LogP contribution in [0.2, 0.25) is 0 Å². The number of rotatable bonds is 6. The summed E-state index contributed by atoms with van der Waals surface area (Å²) in [5.41, 5.74) is -0.0142. The van der Waals surface area contributed by atoms with Crippen LogP contribution in [0.1, 0.15) is 62.3 Å². The van der Waals surface area contributed by atoms with Crippen molar-refractivity contribution in [3.05, 3.63) is 21.9 Å². The van der Waals surface area contributed by atoms with E-state index in [-0.39, 0.29) is 5.60 Å². The molecule has 1 aromatic heterocycles. The van der Waals surface area contributed by atoms with Crippen molar-refractivity contribution in [3.8, 4) is 0 Å². The molecule has 114 valence electrons. The molecule has 1 aromatic rings. The van der Waals surface area contributed by atoms with E-state index in [9.17, 15) is 0 Å². The third kappa shape index (κ3) is 3.44. The zero-order chi connectivity index (χ0) is 14.6. The standard InChI is InChI=1S/C17H29NOS/c1-5-18-16(15-10-9-14(4)20-15)17(19-6-2)11-7-8-13(3)12-17/h9-10,13,16,18H,5-8,11-12H2,1-4H3. The van der Waals surface area contributed by atoms with Crippen LogP contribution in [0.15, 0.2) is 12.1 Å². The third-order valence-electron chi connectivity index (χ3n) is 4.40. The predicted octanol–water partition coefficient (Wildman–Crippen LogP) is 4.69. The normalized spacial score (nSPS) is 28.5. The van der Waals surface area contributed by atoms with Gasteiger partial charge in [-0.25, -0.2) is 0 Å². The summed E-state index contributed by atoms with van der Waals surface area (Å²) in [5.74, 6) is 0.762. The SMILES string of the molecule is CCNC(c1ccc(C)s1)C1(OCC)CCCC(C)C1. The summed E-state index contributed by atoms with van der Waals surface area (Å²) in [6, 6.07) is 4.86. The minimum Gasteiger partial charge on any atom is -0.373 e. The lowest BCUT2D eigenvalue weighted by molar-refractivity contribution is -0.101. The van der Waals surface area contributed by atoms with Gasteiger partial charge in [0.2, 0.25) is 0 Å². The highest BCUT2D eigenvalue weighted by Crippen LogP contribution is 2.45. The molecule has 0 aliphatic heterocycles. The van der Waals surface area contributed by atoms with E-state index in [1.54, 1.807) is 0 Å². The van der Waals surface area contributed by atoms with Gasteiger partial charge in [-0.2, -0.15) is 0 Å². The molecule has 1 N–H and O–H groups in total. The van der Waals surface area contributed by atoms with E-state index < -0.39 is 0 Å². The van der Waals surface area contributed by atoms with Crippen LogP contribution >= 0.6 is 11.3 Å². The maximum atomic E-state index is 6.36. The average Bonchev–Trinajstić information content (AvgIpc) is 2.82. The Kier molecular flexibility index (Phi) is 5.65. The molecule has 1 aliphatic rings. The van der Waals surface area contributed by atoms with E-state index in [0.29, 0.717) is 6.04 Å². The maximum absolute atomic E-state index is 6.36. The van der Waals surface area contributed by atoms with E-state index in [4.69, 9.17) is 4.74 Å². The fraction of sp³-hybridized carbons (Fsp3) is 0.765. The van der Waals surface area contributed by atoms with Gasteiger partial charge in [0, 0.05) is 16.4 Å². The third-order valence-corrected chi connectivity index (χ3v) is 5.47. The van der Waals surface area contributed by atoms with Gasteiger partial charge in [0.25, 0.3) is 0 Å². The van der Waals surface area contributed by atoms with Crippen molar-refractivity contribution in [2.45, 2.75) is 65.0 Å². The smallest absolute Gasteiger partial charge is 0.0886 e. The Bertz CT molecular complexity index is 413. The van der Waals surface area contributed by atoms with Crippen molar-refractivity contribution in [3.63, 3.8) is 0 Å². The van der Waals surface area contributed by atoms with Gasteiger partial charge in [0.05, 0.1) is 11.6 Å².